The van der Waals surface area contributed by atoms with E-state index < -0.39 is 0 Å². The van der Waals surface area contributed by atoms with E-state index >= 15 is 0 Å². The highest BCUT2D eigenvalue weighted by Gasteiger charge is 1.85. The zero-order chi connectivity index (χ0) is 7.11. The van der Waals surface area contributed by atoms with Crippen molar-refractivity contribution >= 4 is 11.3 Å². The smallest absolute Gasteiger partial charge is 0.153 e. The van der Waals surface area contributed by atoms with E-state index in [9.17, 15) is 0 Å². The van der Waals surface area contributed by atoms with Gasteiger partial charge in [0.1, 0.15) is 10.9 Å². The lowest BCUT2D eigenvalue weighted by Gasteiger charge is -1.59. The van der Waals surface area contributed by atoms with Gasteiger partial charge in [0, 0.05) is 7.11 Å². The minimum atomic E-state index is 0.611. The fourth-order valence-electron chi connectivity index (χ4n) is 0.239. The number of nitrogens with zero attached hydrogens (tertiary/aromatic N) is 2. The summed E-state index contributed by atoms with van der Waals surface area (Å²) in [4.78, 5) is 4.18. The van der Waals surface area contributed by atoms with Gasteiger partial charge in [0.05, 0.1) is 6.20 Å². The standard InChI is InChI=1S/C4HN2S.CH4O/c5-1-4-2-6-3-7-4;1-2/h2H;2H,1H3. The van der Waals surface area contributed by atoms with Crippen molar-refractivity contribution in [2.75, 3.05) is 7.11 Å². The molecular weight excluding hydrogens is 136 g/mol. The third-order valence-electron chi connectivity index (χ3n) is 0.500. The van der Waals surface area contributed by atoms with Crippen LogP contribution in [0, 0.1) is 16.8 Å². The topological polar surface area (TPSA) is 56.9 Å². The highest BCUT2D eigenvalue weighted by Crippen LogP contribution is 1.99. The summed E-state index contributed by atoms with van der Waals surface area (Å²) < 4.78 is 0. The molecule has 0 saturated heterocycles. The molecule has 47 valence electrons. The Kier molecular flexibility index (Phi) is 4.69. The summed E-state index contributed by atoms with van der Waals surface area (Å²) in [6.07, 6.45) is 1.49. The molecule has 1 aromatic rings. The second-order valence-electron chi connectivity index (χ2n) is 0.928. The lowest BCUT2D eigenvalue weighted by molar-refractivity contribution is 0.399. The van der Waals surface area contributed by atoms with E-state index in [1.165, 1.54) is 17.5 Å². The van der Waals surface area contributed by atoms with Crippen LogP contribution in [0.1, 0.15) is 4.88 Å². The molecule has 3 nitrogen and oxygen atoms in total. The van der Waals surface area contributed by atoms with Crippen LogP contribution in [0.4, 0.5) is 0 Å². The van der Waals surface area contributed by atoms with Crippen LogP contribution in [-0.2, 0) is 0 Å². The molecule has 0 amide bonds. The molecule has 9 heavy (non-hydrogen) atoms. The van der Waals surface area contributed by atoms with Gasteiger partial charge in [-0.2, -0.15) is 5.26 Å². The fourth-order valence-corrected chi connectivity index (χ4v) is 0.593. The molecule has 1 aromatic heterocycles. The maximum Gasteiger partial charge on any atom is 0.153 e. The van der Waals surface area contributed by atoms with Crippen LogP contribution < -0.4 is 0 Å². The molecule has 1 radical (unpaired) electrons. The molecule has 4 heteroatoms. The summed E-state index contributed by atoms with van der Waals surface area (Å²) in [5.41, 5.74) is 2.55. The Balaban J connectivity index is 0.000000291. The predicted molar refractivity (Wildman–Crippen MR) is 33.8 cm³/mol. The maximum absolute atomic E-state index is 8.13. The molecular formula is C5H5N2OS. The molecule has 0 atom stereocenters. The Morgan fingerprint density at radius 2 is 2.56 bits per heavy atom. The van der Waals surface area contributed by atoms with Crippen molar-refractivity contribution in [3.05, 3.63) is 16.6 Å². The molecule has 0 spiro atoms. The first-order valence-corrected chi connectivity index (χ1v) is 2.92. The van der Waals surface area contributed by atoms with E-state index in [0.29, 0.717) is 4.88 Å². The number of aliphatic hydroxyl groups is 1. The molecule has 1 N–H and O–H groups in total. The third kappa shape index (κ3) is 2.80. The van der Waals surface area contributed by atoms with E-state index in [0.717, 1.165) is 7.11 Å². The maximum atomic E-state index is 8.13. The SMILES string of the molecule is CO.N#Cc1cn[c]s1. The van der Waals surface area contributed by atoms with Gasteiger partial charge in [-0.3, -0.25) is 0 Å². The summed E-state index contributed by atoms with van der Waals surface area (Å²) >= 11 is 1.23. The molecule has 0 fully saturated rings. The Hall–Kier alpha value is -0.920. The van der Waals surface area contributed by atoms with Crippen molar-refractivity contribution < 1.29 is 5.11 Å². The molecule has 1 rings (SSSR count). The zero-order valence-electron chi connectivity index (χ0n) is 4.83. The van der Waals surface area contributed by atoms with Crippen LogP contribution >= 0.6 is 11.3 Å². The number of aromatic nitrogens is 1. The van der Waals surface area contributed by atoms with Crippen LogP contribution in [-0.4, -0.2) is 17.2 Å². The van der Waals surface area contributed by atoms with Gasteiger partial charge in [-0.15, -0.1) is 11.3 Å². The molecule has 0 bridgehead atoms. The predicted octanol–water partition coefficient (Wildman–Crippen LogP) is 0.423. The normalized spacial score (nSPS) is 6.78. The first-order valence-electron chi connectivity index (χ1n) is 2.10. The summed E-state index contributed by atoms with van der Waals surface area (Å²) in [6.45, 7) is 0. The number of nitriles is 1. The second kappa shape index (κ2) is 5.22. The molecule has 0 aliphatic carbocycles. The summed E-state index contributed by atoms with van der Waals surface area (Å²) in [5, 5.41) is 15.1. The van der Waals surface area contributed by atoms with Gasteiger partial charge < -0.3 is 5.11 Å². The molecule has 0 unspecified atom stereocenters. The van der Waals surface area contributed by atoms with E-state index in [1.807, 2.05) is 6.07 Å². The van der Waals surface area contributed by atoms with E-state index in [1.54, 1.807) is 0 Å². The zero-order valence-corrected chi connectivity index (χ0v) is 5.64. The van der Waals surface area contributed by atoms with Gasteiger partial charge >= 0.3 is 0 Å². The van der Waals surface area contributed by atoms with Gasteiger partial charge in [-0.05, 0) is 0 Å². The van der Waals surface area contributed by atoms with Gasteiger partial charge in [0.25, 0.3) is 0 Å². The monoisotopic (exact) mass is 141 g/mol. The van der Waals surface area contributed by atoms with Gasteiger partial charge in [0.2, 0.25) is 0 Å². The van der Waals surface area contributed by atoms with E-state index in [4.69, 9.17) is 10.4 Å². The molecule has 0 aliphatic heterocycles. The Labute approximate surface area is 57.2 Å². The Bertz CT molecular complexity index is 177. The average Bonchev–Trinajstić information content (AvgIpc) is 2.43. The van der Waals surface area contributed by atoms with Crippen molar-refractivity contribution in [3.8, 4) is 6.07 Å². The quantitative estimate of drug-likeness (QED) is 0.569. The molecule has 0 saturated carbocycles. The number of thiazole rings is 1. The Morgan fingerprint density at radius 1 is 1.89 bits per heavy atom. The van der Waals surface area contributed by atoms with Crippen LogP contribution in [0.5, 0.6) is 0 Å². The fraction of sp³-hybridized carbons (Fsp3) is 0.200. The molecule has 0 aliphatic rings. The number of rotatable bonds is 0. The van der Waals surface area contributed by atoms with Crippen LogP contribution in [0.3, 0.4) is 0 Å². The summed E-state index contributed by atoms with van der Waals surface area (Å²) in [6, 6.07) is 1.93. The van der Waals surface area contributed by atoms with Crippen molar-refractivity contribution in [3.63, 3.8) is 0 Å². The van der Waals surface area contributed by atoms with Gasteiger partial charge in [-0.1, -0.05) is 0 Å². The minimum Gasteiger partial charge on any atom is -0.400 e. The van der Waals surface area contributed by atoms with Gasteiger partial charge in [0.15, 0.2) is 5.51 Å². The molecule has 0 aromatic carbocycles. The third-order valence-corrected chi connectivity index (χ3v) is 1.11. The summed E-state index contributed by atoms with van der Waals surface area (Å²) in [7, 11) is 1.00. The lowest BCUT2D eigenvalue weighted by Crippen LogP contribution is -1.53. The number of hydrogen-bond acceptors (Lipinski definition) is 4. The first kappa shape index (κ1) is 8.08. The van der Waals surface area contributed by atoms with Crippen molar-refractivity contribution in [2.24, 2.45) is 0 Å². The van der Waals surface area contributed by atoms with Gasteiger partial charge in [-0.25, -0.2) is 4.98 Å². The highest BCUT2D eigenvalue weighted by atomic mass is 32.1. The van der Waals surface area contributed by atoms with Crippen molar-refractivity contribution in [2.45, 2.75) is 0 Å². The van der Waals surface area contributed by atoms with Crippen LogP contribution in [0.2, 0.25) is 0 Å². The second-order valence-corrected chi connectivity index (χ2v) is 1.75. The Morgan fingerprint density at radius 3 is 2.78 bits per heavy atom. The summed E-state index contributed by atoms with van der Waals surface area (Å²) in [5.74, 6) is 0. The lowest BCUT2D eigenvalue weighted by atomic mass is 10.6. The van der Waals surface area contributed by atoms with Crippen LogP contribution in [0.25, 0.3) is 0 Å². The first-order chi connectivity index (χ1) is 4.43. The molecule has 1 heterocycles. The van der Waals surface area contributed by atoms with Crippen molar-refractivity contribution in [1.82, 2.24) is 4.98 Å². The van der Waals surface area contributed by atoms with E-state index in [-0.39, 0.29) is 0 Å². The largest absolute Gasteiger partial charge is 0.400 e. The van der Waals surface area contributed by atoms with Crippen LogP contribution in [0.15, 0.2) is 6.20 Å². The van der Waals surface area contributed by atoms with E-state index in [2.05, 4.69) is 10.5 Å². The van der Waals surface area contributed by atoms with Crippen molar-refractivity contribution in [1.29, 1.82) is 5.26 Å². The minimum absolute atomic E-state index is 0.611. The highest BCUT2D eigenvalue weighted by molar-refractivity contribution is 7.09. The number of aliphatic hydroxyl groups excluding tert-OH is 1. The average molecular weight is 141 g/mol. The number of hydrogen-bond donors (Lipinski definition) is 1.